The quantitative estimate of drug-likeness (QED) is 0.361. The molecule has 0 spiro atoms. The van der Waals surface area contributed by atoms with Crippen molar-refractivity contribution < 1.29 is 0 Å². The maximum absolute atomic E-state index is 4.59. The number of anilines is 3. The van der Waals surface area contributed by atoms with E-state index in [-0.39, 0.29) is 0 Å². The Balaban J connectivity index is 1.64. The third-order valence-corrected chi connectivity index (χ3v) is 4.80. The number of nitrogens with one attached hydrogen (secondary N) is 4. The van der Waals surface area contributed by atoms with Crippen LogP contribution in [0.25, 0.3) is 0 Å². The Labute approximate surface area is 173 Å². The second kappa shape index (κ2) is 10.0. The summed E-state index contributed by atoms with van der Waals surface area (Å²) in [6.45, 7) is 6.95. The van der Waals surface area contributed by atoms with Crippen LogP contribution in [0.3, 0.4) is 0 Å². The predicted octanol–water partition coefficient (Wildman–Crippen LogP) is 3.94. The van der Waals surface area contributed by atoms with Gasteiger partial charge >= 0.3 is 0 Å². The molecule has 0 radical (unpaired) electrons. The van der Waals surface area contributed by atoms with Gasteiger partial charge < -0.3 is 16.0 Å². The Kier molecular flexibility index (Phi) is 7.19. The predicted molar refractivity (Wildman–Crippen MR) is 120 cm³/mol. The highest BCUT2D eigenvalue weighted by Gasteiger charge is 2.24. The van der Waals surface area contributed by atoms with E-state index in [2.05, 4.69) is 67.6 Å². The fourth-order valence-electron chi connectivity index (χ4n) is 2.89. The summed E-state index contributed by atoms with van der Waals surface area (Å²) in [7, 11) is 1.96. The maximum Gasteiger partial charge on any atom is 0.229 e. The molecule has 1 fully saturated rings. The molecule has 4 N–H and O–H groups in total. The Morgan fingerprint density at radius 2 is 1.97 bits per heavy atom. The van der Waals surface area contributed by atoms with Gasteiger partial charge in [-0.15, -0.1) is 0 Å². The highest BCUT2D eigenvalue weighted by atomic mass is 15.4. The lowest BCUT2D eigenvalue weighted by molar-refractivity contribution is 0.792. The van der Waals surface area contributed by atoms with Gasteiger partial charge in [-0.3, -0.25) is 5.43 Å². The number of allylic oxidation sites excluding steroid dienone is 1. The van der Waals surface area contributed by atoms with Crippen molar-refractivity contribution in [2.24, 2.45) is 11.0 Å². The van der Waals surface area contributed by atoms with Crippen molar-refractivity contribution in [1.82, 2.24) is 20.7 Å². The van der Waals surface area contributed by atoms with Gasteiger partial charge in [-0.2, -0.15) is 10.1 Å². The topological polar surface area (TPSA) is 86.3 Å². The van der Waals surface area contributed by atoms with Crippen LogP contribution in [-0.2, 0) is 6.42 Å². The molecule has 1 aromatic carbocycles. The lowest BCUT2D eigenvalue weighted by Crippen LogP contribution is -2.17. The molecule has 154 valence electrons. The molecular formula is C22H31N7. The smallest absolute Gasteiger partial charge is 0.229 e. The zero-order chi connectivity index (χ0) is 20.6. The number of rotatable bonds is 10. The highest BCUT2D eigenvalue weighted by Crippen LogP contribution is 2.30. The van der Waals surface area contributed by atoms with Gasteiger partial charge in [0.2, 0.25) is 5.95 Å². The van der Waals surface area contributed by atoms with Crippen molar-refractivity contribution in [3.05, 3.63) is 53.5 Å². The second-order valence-electron chi connectivity index (χ2n) is 7.36. The zero-order valence-electron chi connectivity index (χ0n) is 17.7. The summed E-state index contributed by atoms with van der Waals surface area (Å²) in [5.74, 6) is 2.71. The molecule has 1 saturated carbocycles. The van der Waals surface area contributed by atoms with E-state index in [0.717, 1.165) is 35.9 Å². The number of hydrogen-bond donors (Lipinski definition) is 4. The minimum Gasteiger partial charge on any atom is -0.325 e. The van der Waals surface area contributed by atoms with Crippen LogP contribution in [0.4, 0.5) is 17.5 Å². The largest absolute Gasteiger partial charge is 0.325 e. The van der Waals surface area contributed by atoms with Crippen LogP contribution >= 0.6 is 0 Å². The van der Waals surface area contributed by atoms with E-state index in [1.807, 2.05) is 33.0 Å². The number of nitrogens with zero attached hydrogens (tertiary/aromatic N) is 3. The average Bonchev–Trinajstić information content (AvgIpc) is 3.55. The van der Waals surface area contributed by atoms with Gasteiger partial charge in [-0.05, 0) is 83.3 Å². The minimum absolute atomic E-state index is 0.559. The molecule has 7 heteroatoms. The van der Waals surface area contributed by atoms with Gasteiger partial charge in [-0.25, -0.2) is 4.98 Å². The van der Waals surface area contributed by atoms with Crippen molar-refractivity contribution in [3.8, 4) is 0 Å². The Bertz CT molecular complexity index is 867. The van der Waals surface area contributed by atoms with Crippen LogP contribution < -0.4 is 21.4 Å². The summed E-state index contributed by atoms with van der Waals surface area (Å²) >= 11 is 0. The Hall–Kier alpha value is -2.93. The van der Waals surface area contributed by atoms with Crippen LogP contribution in [0.15, 0.2) is 47.3 Å². The molecule has 7 nitrogen and oxygen atoms in total. The molecule has 1 aliphatic rings. The van der Waals surface area contributed by atoms with E-state index in [9.17, 15) is 0 Å². The van der Waals surface area contributed by atoms with Crippen molar-refractivity contribution in [3.63, 3.8) is 0 Å². The van der Waals surface area contributed by atoms with Gasteiger partial charge in [0.25, 0.3) is 0 Å². The standard InChI is InChI=1S/C22H31N7/c1-5-20(29-28-16(3)18-8-9-18)26-21-14-15(2)24-22(27-21)25-19-10-6-17(7-11-19)12-13-23-4/h5-7,10-11,14,18,23,29H,8-9,12-13H2,1-4H3,(H2,24,25,26,27)/b20-5-,28-16+. The molecule has 0 unspecified atom stereocenters. The van der Waals surface area contributed by atoms with E-state index in [1.165, 1.54) is 18.4 Å². The third-order valence-electron chi connectivity index (χ3n) is 4.80. The van der Waals surface area contributed by atoms with Crippen molar-refractivity contribution in [2.45, 2.75) is 40.0 Å². The summed E-state index contributed by atoms with van der Waals surface area (Å²) in [5, 5.41) is 14.2. The number of hydrazone groups is 1. The van der Waals surface area contributed by atoms with E-state index in [0.29, 0.717) is 17.7 Å². The van der Waals surface area contributed by atoms with E-state index in [1.54, 1.807) is 0 Å². The molecule has 2 aromatic rings. The van der Waals surface area contributed by atoms with E-state index in [4.69, 9.17) is 0 Å². The summed E-state index contributed by atoms with van der Waals surface area (Å²) in [6.07, 6.45) is 5.43. The zero-order valence-corrected chi connectivity index (χ0v) is 17.7. The van der Waals surface area contributed by atoms with Gasteiger partial charge in [-0.1, -0.05) is 12.1 Å². The number of aryl methyl sites for hydroxylation is 1. The summed E-state index contributed by atoms with van der Waals surface area (Å²) in [4.78, 5) is 9.09. The Morgan fingerprint density at radius 1 is 1.21 bits per heavy atom. The van der Waals surface area contributed by atoms with Crippen LogP contribution in [0.5, 0.6) is 0 Å². The number of benzene rings is 1. The van der Waals surface area contributed by atoms with Gasteiger partial charge in [0.1, 0.15) is 11.6 Å². The first-order valence-corrected chi connectivity index (χ1v) is 10.2. The molecular weight excluding hydrogens is 362 g/mol. The first-order valence-electron chi connectivity index (χ1n) is 10.2. The molecule has 1 aromatic heterocycles. The van der Waals surface area contributed by atoms with Crippen molar-refractivity contribution in [1.29, 1.82) is 0 Å². The normalized spacial score (nSPS) is 14.6. The molecule has 29 heavy (non-hydrogen) atoms. The van der Waals surface area contributed by atoms with Gasteiger partial charge in [0.05, 0.1) is 0 Å². The van der Waals surface area contributed by atoms with Gasteiger partial charge in [0, 0.05) is 23.2 Å². The average molecular weight is 394 g/mol. The first-order chi connectivity index (χ1) is 14.1. The number of likely N-dealkylation sites (N-methyl/N-ethyl adjacent to an activating group) is 1. The Morgan fingerprint density at radius 3 is 2.62 bits per heavy atom. The van der Waals surface area contributed by atoms with Crippen LogP contribution in [0.2, 0.25) is 0 Å². The third kappa shape index (κ3) is 6.57. The van der Waals surface area contributed by atoms with Crippen molar-refractivity contribution >= 4 is 23.2 Å². The molecule has 3 rings (SSSR count). The van der Waals surface area contributed by atoms with Gasteiger partial charge in [0.15, 0.2) is 0 Å². The maximum atomic E-state index is 4.59. The highest BCUT2D eigenvalue weighted by molar-refractivity contribution is 5.86. The molecule has 0 saturated heterocycles. The van der Waals surface area contributed by atoms with E-state index >= 15 is 0 Å². The van der Waals surface area contributed by atoms with Crippen LogP contribution in [-0.4, -0.2) is 29.3 Å². The van der Waals surface area contributed by atoms with Crippen LogP contribution in [0.1, 0.15) is 37.9 Å². The SMILES string of the molecule is C/C=C(\N/N=C(\C)C1CC1)Nc1cc(C)nc(Nc2ccc(CCNC)cc2)n1. The number of aromatic nitrogens is 2. The van der Waals surface area contributed by atoms with Crippen LogP contribution in [0, 0.1) is 12.8 Å². The second-order valence-corrected chi connectivity index (χ2v) is 7.36. The fourth-order valence-corrected chi connectivity index (χ4v) is 2.89. The molecule has 0 bridgehead atoms. The first kappa shape index (κ1) is 20.8. The molecule has 1 heterocycles. The minimum atomic E-state index is 0.559. The molecule has 1 aliphatic carbocycles. The molecule has 0 aliphatic heterocycles. The molecule has 0 amide bonds. The summed E-state index contributed by atoms with van der Waals surface area (Å²) < 4.78 is 0. The summed E-state index contributed by atoms with van der Waals surface area (Å²) in [6, 6.07) is 10.3. The lowest BCUT2D eigenvalue weighted by Gasteiger charge is -2.12. The van der Waals surface area contributed by atoms with Crippen molar-refractivity contribution in [2.75, 3.05) is 24.2 Å². The fraction of sp³-hybridized carbons (Fsp3) is 0.409. The summed E-state index contributed by atoms with van der Waals surface area (Å²) in [5.41, 5.74) is 7.38. The van der Waals surface area contributed by atoms with E-state index < -0.39 is 0 Å². The molecule has 0 atom stereocenters. The monoisotopic (exact) mass is 393 g/mol. The lowest BCUT2D eigenvalue weighted by atomic mass is 10.1. The number of hydrogen-bond acceptors (Lipinski definition) is 7.